The SMILES string of the molecule is O=C(Cn1cnc(C2CC2)cc1=O)NCCNc1ccc(-n2cccc2)nn1. The molecule has 9 nitrogen and oxygen atoms in total. The Hall–Kier alpha value is -3.49. The van der Waals surface area contributed by atoms with Gasteiger partial charge in [0.15, 0.2) is 5.82 Å². The van der Waals surface area contributed by atoms with E-state index in [1.54, 1.807) is 0 Å². The van der Waals surface area contributed by atoms with Crippen molar-refractivity contribution in [3.05, 3.63) is 65.1 Å². The van der Waals surface area contributed by atoms with E-state index >= 15 is 0 Å². The summed E-state index contributed by atoms with van der Waals surface area (Å²) >= 11 is 0. The van der Waals surface area contributed by atoms with E-state index in [1.807, 2.05) is 41.2 Å². The number of aromatic nitrogens is 5. The summed E-state index contributed by atoms with van der Waals surface area (Å²) in [4.78, 5) is 28.3. The predicted octanol–water partition coefficient (Wildman–Crippen LogP) is 0.930. The van der Waals surface area contributed by atoms with Crippen molar-refractivity contribution in [2.45, 2.75) is 25.3 Å². The number of nitrogens with one attached hydrogen (secondary N) is 2. The van der Waals surface area contributed by atoms with Crippen LogP contribution in [-0.2, 0) is 11.3 Å². The highest BCUT2D eigenvalue weighted by Crippen LogP contribution is 2.38. The molecule has 1 aliphatic carbocycles. The molecule has 0 aliphatic heterocycles. The van der Waals surface area contributed by atoms with Crippen LogP contribution in [0.25, 0.3) is 5.82 Å². The minimum Gasteiger partial charge on any atom is -0.367 e. The summed E-state index contributed by atoms with van der Waals surface area (Å²) in [5, 5.41) is 14.1. The van der Waals surface area contributed by atoms with E-state index in [4.69, 9.17) is 0 Å². The molecule has 0 aromatic carbocycles. The smallest absolute Gasteiger partial charge is 0.254 e. The molecule has 0 spiro atoms. The minimum atomic E-state index is -0.237. The Morgan fingerprint density at radius 3 is 2.64 bits per heavy atom. The maximum absolute atomic E-state index is 12.0. The molecular weight excluding hydrogens is 358 g/mol. The number of rotatable bonds is 8. The summed E-state index contributed by atoms with van der Waals surface area (Å²) in [6.45, 7) is 0.863. The first-order chi connectivity index (χ1) is 13.7. The highest BCUT2D eigenvalue weighted by Gasteiger charge is 2.25. The molecule has 9 heteroatoms. The monoisotopic (exact) mass is 379 g/mol. The summed E-state index contributed by atoms with van der Waals surface area (Å²) in [6.07, 6.45) is 7.42. The third-order valence-corrected chi connectivity index (χ3v) is 4.48. The third-order valence-electron chi connectivity index (χ3n) is 4.48. The van der Waals surface area contributed by atoms with Crippen molar-refractivity contribution in [2.24, 2.45) is 0 Å². The van der Waals surface area contributed by atoms with Crippen LogP contribution in [0.1, 0.15) is 24.5 Å². The van der Waals surface area contributed by atoms with Crippen LogP contribution in [0.5, 0.6) is 0 Å². The summed E-state index contributed by atoms with van der Waals surface area (Å²) < 4.78 is 3.19. The lowest BCUT2D eigenvalue weighted by Gasteiger charge is -2.09. The average molecular weight is 379 g/mol. The van der Waals surface area contributed by atoms with Crippen LogP contribution >= 0.6 is 0 Å². The van der Waals surface area contributed by atoms with Gasteiger partial charge in [-0.25, -0.2) is 4.98 Å². The number of hydrogen-bond acceptors (Lipinski definition) is 6. The van der Waals surface area contributed by atoms with Crippen LogP contribution in [0.15, 0.2) is 53.8 Å². The topological polar surface area (TPSA) is 107 Å². The van der Waals surface area contributed by atoms with Gasteiger partial charge in [-0.05, 0) is 37.1 Å². The zero-order valence-corrected chi connectivity index (χ0v) is 15.3. The van der Waals surface area contributed by atoms with Gasteiger partial charge in [-0.15, -0.1) is 10.2 Å². The third kappa shape index (κ3) is 4.43. The summed E-state index contributed by atoms with van der Waals surface area (Å²) in [5.41, 5.74) is 0.637. The Labute approximate surface area is 161 Å². The maximum Gasteiger partial charge on any atom is 0.254 e. The lowest BCUT2D eigenvalue weighted by molar-refractivity contribution is -0.121. The van der Waals surface area contributed by atoms with Crippen molar-refractivity contribution < 1.29 is 4.79 Å². The van der Waals surface area contributed by atoms with Crippen LogP contribution in [0.4, 0.5) is 5.82 Å². The first kappa shape index (κ1) is 17.9. The van der Waals surface area contributed by atoms with Crippen molar-refractivity contribution in [1.82, 2.24) is 29.6 Å². The van der Waals surface area contributed by atoms with E-state index in [-0.39, 0.29) is 18.0 Å². The second kappa shape index (κ2) is 8.03. The molecule has 4 rings (SSSR count). The molecule has 0 saturated heterocycles. The van der Waals surface area contributed by atoms with Crippen molar-refractivity contribution >= 4 is 11.7 Å². The average Bonchev–Trinajstić information content (AvgIpc) is 3.41. The Kier molecular flexibility index (Phi) is 5.14. The van der Waals surface area contributed by atoms with Crippen molar-refractivity contribution in [1.29, 1.82) is 0 Å². The van der Waals surface area contributed by atoms with E-state index in [9.17, 15) is 9.59 Å². The highest BCUT2D eigenvalue weighted by molar-refractivity contribution is 5.75. The molecule has 1 saturated carbocycles. The van der Waals surface area contributed by atoms with Gasteiger partial charge < -0.3 is 15.2 Å². The lowest BCUT2D eigenvalue weighted by atomic mass is 10.3. The summed E-state index contributed by atoms with van der Waals surface area (Å²) in [5.74, 6) is 1.54. The fourth-order valence-corrected chi connectivity index (χ4v) is 2.81. The predicted molar refractivity (Wildman–Crippen MR) is 103 cm³/mol. The molecule has 1 amide bonds. The van der Waals surface area contributed by atoms with Gasteiger partial charge >= 0.3 is 0 Å². The second-order valence-electron chi connectivity index (χ2n) is 6.70. The molecule has 2 N–H and O–H groups in total. The van der Waals surface area contributed by atoms with Gasteiger partial charge in [0.2, 0.25) is 5.91 Å². The molecule has 0 unspecified atom stereocenters. The Bertz CT molecular complexity index is 992. The lowest BCUT2D eigenvalue weighted by Crippen LogP contribution is -2.34. The van der Waals surface area contributed by atoms with Gasteiger partial charge in [0.05, 0.1) is 12.0 Å². The Morgan fingerprint density at radius 1 is 1.14 bits per heavy atom. The highest BCUT2D eigenvalue weighted by atomic mass is 16.2. The first-order valence-corrected chi connectivity index (χ1v) is 9.23. The van der Waals surface area contributed by atoms with Gasteiger partial charge in [0.25, 0.3) is 5.56 Å². The molecule has 3 aromatic rings. The van der Waals surface area contributed by atoms with Gasteiger partial charge in [-0.2, -0.15) is 0 Å². The van der Waals surface area contributed by atoms with Crippen molar-refractivity contribution in [3.63, 3.8) is 0 Å². The van der Waals surface area contributed by atoms with Crippen LogP contribution in [0, 0.1) is 0 Å². The van der Waals surface area contributed by atoms with Gasteiger partial charge in [-0.1, -0.05) is 0 Å². The number of carbonyl (C=O) groups excluding carboxylic acids is 1. The fraction of sp³-hybridized carbons (Fsp3) is 0.316. The van der Waals surface area contributed by atoms with Gasteiger partial charge in [0.1, 0.15) is 12.4 Å². The Morgan fingerprint density at radius 2 is 1.96 bits per heavy atom. The Balaban J connectivity index is 1.21. The number of anilines is 1. The zero-order chi connectivity index (χ0) is 19.3. The molecule has 1 fully saturated rings. The van der Waals surface area contributed by atoms with Gasteiger partial charge in [0, 0.05) is 37.5 Å². The van der Waals surface area contributed by atoms with Crippen molar-refractivity contribution in [3.8, 4) is 5.82 Å². The van der Waals surface area contributed by atoms with Crippen LogP contribution in [0.2, 0.25) is 0 Å². The second-order valence-corrected chi connectivity index (χ2v) is 6.70. The summed E-state index contributed by atoms with van der Waals surface area (Å²) in [7, 11) is 0. The zero-order valence-electron chi connectivity index (χ0n) is 15.3. The fourth-order valence-electron chi connectivity index (χ4n) is 2.81. The minimum absolute atomic E-state index is 0.0395. The maximum atomic E-state index is 12.0. The van der Waals surface area contributed by atoms with E-state index in [0.717, 1.165) is 24.4 Å². The van der Waals surface area contributed by atoms with E-state index in [1.165, 1.54) is 17.0 Å². The van der Waals surface area contributed by atoms with Gasteiger partial charge in [-0.3, -0.25) is 14.2 Å². The molecule has 0 atom stereocenters. The number of amides is 1. The van der Waals surface area contributed by atoms with Crippen LogP contribution < -0.4 is 16.2 Å². The number of carbonyl (C=O) groups is 1. The van der Waals surface area contributed by atoms with Crippen LogP contribution in [-0.4, -0.2) is 43.3 Å². The van der Waals surface area contributed by atoms with Crippen LogP contribution in [0.3, 0.4) is 0 Å². The molecule has 3 aromatic heterocycles. The first-order valence-electron chi connectivity index (χ1n) is 9.23. The number of nitrogens with zero attached hydrogens (tertiary/aromatic N) is 5. The molecule has 144 valence electrons. The molecule has 3 heterocycles. The largest absolute Gasteiger partial charge is 0.367 e. The molecule has 1 aliphatic rings. The quantitative estimate of drug-likeness (QED) is 0.564. The normalized spacial score (nSPS) is 13.3. The standard InChI is InChI=1S/C19H21N7O2/c27-18(12-26-13-22-15(11-19(26)28)14-3-4-14)21-8-7-20-16-5-6-17(24-23-16)25-9-1-2-10-25/h1-2,5-6,9-11,13-14H,3-4,7-8,12H2,(H,20,23)(H,21,27). The van der Waals surface area contributed by atoms with E-state index in [2.05, 4.69) is 25.8 Å². The van der Waals surface area contributed by atoms with Crippen molar-refractivity contribution in [2.75, 3.05) is 18.4 Å². The summed E-state index contributed by atoms with van der Waals surface area (Å²) in [6, 6.07) is 9.06. The number of hydrogen-bond donors (Lipinski definition) is 2. The molecule has 28 heavy (non-hydrogen) atoms. The van der Waals surface area contributed by atoms with E-state index in [0.29, 0.717) is 24.8 Å². The molecular formula is C19H21N7O2. The molecule has 0 radical (unpaired) electrons. The molecule has 0 bridgehead atoms. The van der Waals surface area contributed by atoms with E-state index < -0.39 is 0 Å².